The van der Waals surface area contributed by atoms with Crippen LogP contribution in [0.5, 0.6) is 5.75 Å². The number of benzene rings is 2. The van der Waals surface area contributed by atoms with Gasteiger partial charge in [0.2, 0.25) is 0 Å². The second-order valence-electron chi connectivity index (χ2n) is 7.06. The van der Waals surface area contributed by atoms with Gasteiger partial charge in [-0.2, -0.15) is 0 Å². The average molecular weight is 370 g/mol. The standard InChI is InChI=1S/C21H25N2O2S/c1-15-5-6-16(2)19(13-15)22-14-21(24,23-11-4-12-26-20(22)23)17-7-9-18(25-3)10-8-17/h5-10,13,24H,4,11-12,14H2,1-3H3/q+1/t21-/m0/s1. The summed E-state index contributed by atoms with van der Waals surface area (Å²) in [4.78, 5) is 2.29. The summed E-state index contributed by atoms with van der Waals surface area (Å²) in [5.74, 6) is 1.89. The van der Waals surface area contributed by atoms with E-state index in [4.69, 9.17) is 4.74 Å². The molecule has 1 N–H and O–H groups in total. The zero-order valence-corrected chi connectivity index (χ0v) is 16.3. The van der Waals surface area contributed by atoms with E-state index in [0.29, 0.717) is 6.54 Å². The van der Waals surface area contributed by atoms with E-state index in [0.717, 1.165) is 35.2 Å². The van der Waals surface area contributed by atoms with Crippen LogP contribution in [0.4, 0.5) is 5.69 Å². The molecule has 2 aliphatic rings. The fraction of sp³-hybridized carbons (Fsp3) is 0.381. The lowest BCUT2D eigenvalue weighted by Gasteiger charge is -2.24. The van der Waals surface area contributed by atoms with Crippen LogP contribution in [0.3, 0.4) is 0 Å². The molecule has 0 saturated heterocycles. The van der Waals surface area contributed by atoms with Crippen molar-refractivity contribution in [3.05, 3.63) is 59.2 Å². The molecule has 0 unspecified atom stereocenters. The highest BCUT2D eigenvalue weighted by molar-refractivity contribution is 8.13. The number of amidine groups is 1. The molecule has 4 rings (SSSR count). The summed E-state index contributed by atoms with van der Waals surface area (Å²) >= 11 is 1.84. The largest absolute Gasteiger partial charge is 0.497 e. The average Bonchev–Trinajstić information content (AvgIpc) is 2.98. The first-order valence-electron chi connectivity index (χ1n) is 9.02. The fourth-order valence-electron chi connectivity index (χ4n) is 3.80. The van der Waals surface area contributed by atoms with Gasteiger partial charge in [0.05, 0.1) is 13.7 Å². The van der Waals surface area contributed by atoms with Crippen molar-refractivity contribution in [3.63, 3.8) is 0 Å². The molecular weight excluding hydrogens is 344 g/mol. The lowest BCUT2D eigenvalue weighted by molar-refractivity contribution is -0.656. The normalized spacial score (nSPS) is 22.5. The summed E-state index contributed by atoms with van der Waals surface area (Å²) in [5.41, 5.74) is 3.53. The molecule has 0 bridgehead atoms. The Kier molecular flexibility index (Phi) is 4.45. The maximum Gasteiger partial charge on any atom is 0.316 e. The third-order valence-corrected chi connectivity index (χ3v) is 6.44. The Hall–Kier alpha value is -1.98. The smallest absolute Gasteiger partial charge is 0.316 e. The monoisotopic (exact) mass is 369 g/mol. The predicted molar refractivity (Wildman–Crippen MR) is 107 cm³/mol. The molecule has 0 saturated carbocycles. The molecule has 0 spiro atoms. The van der Waals surface area contributed by atoms with E-state index in [2.05, 4.69) is 41.5 Å². The summed E-state index contributed by atoms with van der Waals surface area (Å²) in [7, 11) is 1.66. The first-order valence-corrected chi connectivity index (χ1v) is 10.0. The van der Waals surface area contributed by atoms with Gasteiger partial charge < -0.3 is 9.84 Å². The zero-order chi connectivity index (χ0) is 18.3. The van der Waals surface area contributed by atoms with Crippen molar-refractivity contribution in [3.8, 4) is 5.75 Å². The first kappa shape index (κ1) is 17.4. The number of nitrogens with zero attached hydrogens (tertiary/aromatic N) is 2. The van der Waals surface area contributed by atoms with Gasteiger partial charge in [-0.1, -0.05) is 12.1 Å². The van der Waals surface area contributed by atoms with Crippen LogP contribution in [0.15, 0.2) is 42.5 Å². The summed E-state index contributed by atoms with van der Waals surface area (Å²) in [6, 6.07) is 14.3. The van der Waals surface area contributed by atoms with Gasteiger partial charge in [-0.25, -0.2) is 9.48 Å². The Morgan fingerprint density at radius 1 is 1.15 bits per heavy atom. The molecule has 2 aliphatic heterocycles. The molecule has 2 aromatic carbocycles. The van der Waals surface area contributed by atoms with Gasteiger partial charge in [0, 0.05) is 11.3 Å². The Morgan fingerprint density at radius 2 is 1.92 bits per heavy atom. The quantitative estimate of drug-likeness (QED) is 0.841. The molecule has 0 radical (unpaired) electrons. The highest BCUT2D eigenvalue weighted by atomic mass is 32.2. The van der Waals surface area contributed by atoms with E-state index in [1.165, 1.54) is 16.8 Å². The van der Waals surface area contributed by atoms with Gasteiger partial charge in [0.15, 0.2) is 6.54 Å². The zero-order valence-electron chi connectivity index (χ0n) is 15.5. The maximum atomic E-state index is 11.7. The van der Waals surface area contributed by atoms with Crippen molar-refractivity contribution < 1.29 is 14.4 Å². The molecule has 2 aromatic rings. The number of anilines is 1. The predicted octanol–water partition coefficient (Wildman–Crippen LogP) is 3.48. The van der Waals surface area contributed by atoms with Crippen molar-refractivity contribution in [1.82, 2.24) is 0 Å². The van der Waals surface area contributed by atoms with E-state index in [1.54, 1.807) is 7.11 Å². The van der Waals surface area contributed by atoms with E-state index in [9.17, 15) is 5.11 Å². The van der Waals surface area contributed by atoms with Gasteiger partial charge >= 0.3 is 5.17 Å². The van der Waals surface area contributed by atoms with Crippen molar-refractivity contribution in [2.75, 3.05) is 30.9 Å². The van der Waals surface area contributed by atoms with Crippen molar-refractivity contribution in [2.45, 2.75) is 26.0 Å². The summed E-state index contributed by atoms with van der Waals surface area (Å²) in [5, 5.41) is 12.9. The Morgan fingerprint density at radius 3 is 2.65 bits per heavy atom. The molecule has 0 amide bonds. The molecule has 2 heterocycles. The van der Waals surface area contributed by atoms with Crippen LogP contribution in [0.1, 0.15) is 23.1 Å². The van der Waals surface area contributed by atoms with Crippen molar-refractivity contribution >= 4 is 22.6 Å². The third-order valence-electron chi connectivity index (χ3n) is 5.25. The SMILES string of the molecule is COc1ccc([C@@]2(O)CN(c3cc(C)ccc3C)C3=[N+]2CCCS3)cc1. The van der Waals surface area contributed by atoms with Crippen LogP contribution in [0, 0.1) is 13.8 Å². The van der Waals surface area contributed by atoms with Gasteiger partial charge in [0.1, 0.15) is 11.4 Å². The Balaban J connectivity index is 1.80. The minimum absolute atomic E-state index is 0.534. The van der Waals surface area contributed by atoms with E-state index < -0.39 is 5.72 Å². The van der Waals surface area contributed by atoms with Crippen LogP contribution in [-0.4, -0.2) is 40.8 Å². The van der Waals surface area contributed by atoms with E-state index >= 15 is 0 Å². The highest BCUT2D eigenvalue weighted by Crippen LogP contribution is 2.39. The number of hydrogen-bond donors (Lipinski definition) is 1. The van der Waals surface area contributed by atoms with Crippen LogP contribution in [0.2, 0.25) is 0 Å². The number of rotatable bonds is 3. The van der Waals surface area contributed by atoms with Gasteiger partial charge in [-0.3, -0.25) is 0 Å². The van der Waals surface area contributed by atoms with Crippen LogP contribution >= 0.6 is 11.8 Å². The molecular formula is C21H25N2O2S+. The molecule has 0 fully saturated rings. The Bertz CT molecular complexity index is 863. The minimum Gasteiger partial charge on any atom is -0.497 e. The number of aliphatic hydroxyl groups is 1. The number of methoxy groups -OCH3 is 1. The molecule has 1 atom stereocenters. The summed E-state index contributed by atoms with van der Waals surface area (Å²) < 4.78 is 7.45. The second-order valence-corrected chi connectivity index (χ2v) is 8.12. The second kappa shape index (κ2) is 6.63. The number of aryl methyl sites for hydroxylation is 2. The Labute approximate surface area is 159 Å². The molecule has 26 heavy (non-hydrogen) atoms. The van der Waals surface area contributed by atoms with Crippen LogP contribution in [0.25, 0.3) is 0 Å². The summed E-state index contributed by atoms with van der Waals surface area (Å²) in [6.07, 6.45) is 1.08. The van der Waals surface area contributed by atoms with Crippen LogP contribution in [-0.2, 0) is 5.72 Å². The third kappa shape index (κ3) is 2.79. The fourth-order valence-corrected chi connectivity index (χ4v) is 4.98. The number of thioether (sulfide) groups is 1. The molecule has 0 aromatic heterocycles. The molecule has 136 valence electrons. The van der Waals surface area contributed by atoms with Gasteiger partial charge in [0.25, 0.3) is 5.72 Å². The lowest BCUT2D eigenvalue weighted by Crippen LogP contribution is -2.41. The van der Waals surface area contributed by atoms with Gasteiger partial charge in [-0.15, -0.1) is 0 Å². The minimum atomic E-state index is -1.02. The maximum absolute atomic E-state index is 11.7. The van der Waals surface area contributed by atoms with E-state index in [1.807, 2.05) is 36.0 Å². The van der Waals surface area contributed by atoms with Crippen LogP contribution < -0.4 is 9.64 Å². The number of ether oxygens (including phenoxy) is 1. The van der Waals surface area contributed by atoms with Crippen molar-refractivity contribution in [2.24, 2.45) is 0 Å². The van der Waals surface area contributed by atoms with Gasteiger partial charge in [-0.05, 0) is 73.5 Å². The number of β-amino-alcohol motifs (C(OH)–C–C–N with tert-alkyl or cyclic N) is 1. The molecule has 0 aliphatic carbocycles. The lowest BCUT2D eigenvalue weighted by atomic mass is 10.0. The topological polar surface area (TPSA) is 35.7 Å². The summed E-state index contributed by atoms with van der Waals surface area (Å²) in [6.45, 7) is 5.65. The first-order chi connectivity index (χ1) is 12.5. The molecule has 5 heteroatoms. The van der Waals surface area contributed by atoms with Crippen molar-refractivity contribution in [1.29, 1.82) is 0 Å². The number of hydrogen-bond acceptors (Lipinski definition) is 4. The van der Waals surface area contributed by atoms with E-state index in [-0.39, 0.29) is 0 Å². The highest BCUT2D eigenvalue weighted by Gasteiger charge is 2.53. The molecule has 4 nitrogen and oxygen atoms in total.